The molecule has 1 saturated carbocycles. The summed E-state index contributed by atoms with van der Waals surface area (Å²) in [6.45, 7) is 15.2. The SMILES string of the molecule is CC(C)c1cc(C(C)C)c(SC(=O)[C@@H](C)[C@H](O)C2CCCCC2)c(C(C)C)c1. The van der Waals surface area contributed by atoms with E-state index >= 15 is 0 Å². The molecule has 1 fully saturated rings. The summed E-state index contributed by atoms with van der Waals surface area (Å²) in [6, 6.07) is 4.58. The van der Waals surface area contributed by atoms with Crippen LogP contribution in [0.25, 0.3) is 0 Å². The Bertz CT molecular complexity index is 628. The van der Waals surface area contributed by atoms with Crippen LogP contribution in [0.1, 0.15) is 115 Å². The van der Waals surface area contributed by atoms with Gasteiger partial charge in [-0.1, -0.05) is 91.6 Å². The molecule has 0 radical (unpaired) electrons. The average molecular weight is 405 g/mol. The fraction of sp³-hybridized carbons (Fsp3) is 0.720. The van der Waals surface area contributed by atoms with E-state index < -0.39 is 6.10 Å². The zero-order valence-electron chi connectivity index (χ0n) is 18.9. The molecular weight excluding hydrogens is 364 g/mol. The fourth-order valence-electron chi connectivity index (χ4n) is 4.22. The Hall–Kier alpha value is -0.800. The minimum absolute atomic E-state index is 0.110. The zero-order chi connectivity index (χ0) is 21.0. The lowest BCUT2D eigenvalue weighted by Gasteiger charge is -2.30. The van der Waals surface area contributed by atoms with Crippen LogP contribution in [0.15, 0.2) is 17.0 Å². The maximum absolute atomic E-state index is 13.2. The summed E-state index contributed by atoms with van der Waals surface area (Å²) >= 11 is 1.38. The molecule has 1 aromatic carbocycles. The van der Waals surface area contributed by atoms with Crippen molar-refractivity contribution >= 4 is 16.9 Å². The molecule has 0 unspecified atom stereocenters. The Morgan fingerprint density at radius 2 is 1.39 bits per heavy atom. The number of hydrogen-bond acceptors (Lipinski definition) is 3. The molecule has 1 aliphatic carbocycles. The molecular formula is C25H40O2S. The average Bonchev–Trinajstić information content (AvgIpc) is 2.66. The second kappa shape index (κ2) is 10.3. The molecule has 1 N–H and O–H groups in total. The maximum Gasteiger partial charge on any atom is 0.199 e. The summed E-state index contributed by atoms with van der Waals surface area (Å²) < 4.78 is 0. The van der Waals surface area contributed by atoms with Crippen LogP contribution in [0, 0.1) is 11.8 Å². The van der Waals surface area contributed by atoms with Crippen molar-refractivity contribution < 1.29 is 9.90 Å². The van der Waals surface area contributed by atoms with E-state index in [2.05, 4.69) is 53.7 Å². The van der Waals surface area contributed by atoms with Crippen molar-refractivity contribution in [2.24, 2.45) is 11.8 Å². The molecule has 0 aliphatic heterocycles. The van der Waals surface area contributed by atoms with E-state index in [1.807, 2.05) is 6.92 Å². The number of aliphatic hydroxyl groups is 1. The van der Waals surface area contributed by atoms with Gasteiger partial charge >= 0.3 is 0 Å². The van der Waals surface area contributed by atoms with Gasteiger partial charge in [0, 0.05) is 4.90 Å². The van der Waals surface area contributed by atoms with E-state index in [0.29, 0.717) is 17.8 Å². The minimum Gasteiger partial charge on any atom is -0.392 e. The van der Waals surface area contributed by atoms with Crippen molar-refractivity contribution in [2.45, 2.75) is 109 Å². The van der Waals surface area contributed by atoms with Crippen LogP contribution in [0.3, 0.4) is 0 Å². The van der Waals surface area contributed by atoms with Crippen LogP contribution < -0.4 is 0 Å². The lowest BCUT2D eigenvalue weighted by atomic mass is 9.81. The molecule has 2 atom stereocenters. The topological polar surface area (TPSA) is 37.3 Å². The Kier molecular flexibility index (Phi) is 8.63. The number of thioether (sulfide) groups is 1. The third kappa shape index (κ3) is 5.63. The molecule has 2 nitrogen and oxygen atoms in total. The van der Waals surface area contributed by atoms with Gasteiger partial charge in [-0.05, 0) is 53.2 Å². The summed E-state index contributed by atoms with van der Waals surface area (Å²) in [5.74, 6) is 1.16. The van der Waals surface area contributed by atoms with Gasteiger partial charge in [0.05, 0.1) is 12.0 Å². The lowest BCUT2D eigenvalue weighted by molar-refractivity contribution is -0.118. The van der Waals surface area contributed by atoms with Crippen LogP contribution >= 0.6 is 11.8 Å². The first-order valence-corrected chi connectivity index (χ1v) is 12.0. The van der Waals surface area contributed by atoms with Crippen LogP contribution in [0.5, 0.6) is 0 Å². The van der Waals surface area contributed by atoms with Crippen molar-refractivity contribution in [3.63, 3.8) is 0 Å². The van der Waals surface area contributed by atoms with E-state index in [1.54, 1.807) is 0 Å². The van der Waals surface area contributed by atoms with Gasteiger partial charge in [0.15, 0.2) is 5.12 Å². The molecule has 0 spiro atoms. The normalized spacial score (nSPS) is 18.1. The quantitative estimate of drug-likeness (QED) is 0.486. The van der Waals surface area contributed by atoms with Crippen LogP contribution in [-0.4, -0.2) is 16.3 Å². The predicted molar refractivity (Wildman–Crippen MR) is 121 cm³/mol. The fourth-order valence-corrected chi connectivity index (χ4v) is 5.58. The summed E-state index contributed by atoms with van der Waals surface area (Å²) in [6.07, 6.45) is 5.23. The number of hydrogen-bond donors (Lipinski definition) is 1. The van der Waals surface area contributed by atoms with Crippen LogP contribution in [-0.2, 0) is 4.79 Å². The third-order valence-electron chi connectivity index (χ3n) is 6.30. The van der Waals surface area contributed by atoms with Gasteiger partial charge in [0.1, 0.15) is 0 Å². The first-order chi connectivity index (χ1) is 13.1. The molecule has 0 saturated heterocycles. The van der Waals surface area contributed by atoms with E-state index in [9.17, 15) is 9.90 Å². The van der Waals surface area contributed by atoms with Gasteiger partial charge in [-0.3, -0.25) is 4.79 Å². The Labute approximate surface area is 176 Å². The first kappa shape index (κ1) is 23.5. The molecule has 1 aromatic rings. The van der Waals surface area contributed by atoms with Crippen LogP contribution in [0.2, 0.25) is 0 Å². The third-order valence-corrected chi connectivity index (χ3v) is 7.55. The number of carbonyl (C=O) groups is 1. The molecule has 1 aliphatic rings. The smallest absolute Gasteiger partial charge is 0.199 e. The molecule has 0 amide bonds. The van der Waals surface area contributed by atoms with Crippen molar-refractivity contribution in [1.82, 2.24) is 0 Å². The van der Waals surface area contributed by atoms with Crippen molar-refractivity contribution in [1.29, 1.82) is 0 Å². The monoisotopic (exact) mass is 404 g/mol. The van der Waals surface area contributed by atoms with Crippen molar-refractivity contribution in [3.05, 3.63) is 28.8 Å². The van der Waals surface area contributed by atoms with Gasteiger partial charge in [-0.2, -0.15) is 0 Å². The van der Waals surface area contributed by atoms with Gasteiger partial charge < -0.3 is 5.11 Å². The van der Waals surface area contributed by atoms with E-state index in [1.165, 1.54) is 47.7 Å². The van der Waals surface area contributed by atoms with Gasteiger partial charge in [-0.25, -0.2) is 0 Å². The van der Waals surface area contributed by atoms with Crippen molar-refractivity contribution in [2.75, 3.05) is 0 Å². The van der Waals surface area contributed by atoms with Crippen molar-refractivity contribution in [3.8, 4) is 0 Å². The van der Waals surface area contributed by atoms with Gasteiger partial charge in [0.2, 0.25) is 0 Å². The molecule has 0 bridgehead atoms. The minimum atomic E-state index is -0.514. The maximum atomic E-state index is 13.2. The van der Waals surface area contributed by atoms with E-state index in [0.717, 1.165) is 17.7 Å². The van der Waals surface area contributed by atoms with E-state index in [-0.39, 0.29) is 17.0 Å². The molecule has 2 rings (SSSR count). The zero-order valence-corrected chi connectivity index (χ0v) is 19.7. The molecule has 3 heteroatoms. The molecule has 158 valence electrons. The summed E-state index contributed by atoms with van der Waals surface area (Å²) in [7, 11) is 0. The predicted octanol–water partition coefficient (Wildman–Crippen LogP) is 7.25. The Balaban J connectivity index is 2.31. The number of rotatable bonds is 7. The summed E-state index contributed by atoms with van der Waals surface area (Å²) in [4.78, 5) is 14.3. The number of benzene rings is 1. The lowest BCUT2D eigenvalue weighted by Crippen LogP contribution is -2.32. The van der Waals surface area contributed by atoms with E-state index in [4.69, 9.17) is 0 Å². The standard InChI is InChI=1S/C25H40O2S/c1-15(2)20-13-21(16(3)4)24(22(14-20)17(5)6)28-25(27)18(7)23(26)19-11-9-8-10-12-19/h13-19,23,26H,8-12H2,1-7H3/t18-,23-/m0/s1. The Morgan fingerprint density at radius 1 is 0.893 bits per heavy atom. The van der Waals surface area contributed by atoms with Gasteiger partial charge in [-0.15, -0.1) is 0 Å². The van der Waals surface area contributed by atoms with Crippen LogP contribution in [0.4, 0.5) is 0 Å². The second-order valence-electron chi connectivity index (χ2n) is 9.59. The highest BCUT2D eigenvalue weighted by atomic mass is 32.2. The largest absolute Gasteiger partial charge is 0.392 e. The van der Waals surface area contributed by atoms with Gasteiger partial charge in [0.25, 0.3) is 0 Å². The highest BCUT2D eigenvalue weighted by Gasteiger charge is 2.32. The highest BCUT2D eigenvalue weighted by molar-refractivity contribution is 8.13. The summed E-state index contributed by atoms with van der Waals surface area (Å²) in [5, 5.41) is 10.9. The second-order valence-corrected chi connectivity index (χ2v) is 10.6. The summed E-state index contributed by atoms with van der Waals surface area (Å²) in [5.41, 5.74) is 3.89. The molecule has 0 aromatic heterocycles. The number of carbonyl (C=O) groups excluding carboxylic acids is 1. The Morgan fingerprint density at radius 3 is 1.82 bits per heavy atom. The molecule has 0 heterocycles. The highest BCUT2D eigenvalue weighted by Crippen LogP contribution is 2.40. The molecule has 28 heavy (non-hydrogen) atoms. The first-order valence-electron chi connectivity index (χ1n) is 11.2. The number of aliphatic hydroxyl groups excluding tert-OH is 1.